The highest BCUT2D eigenvalue weighted by molar-refractivity contribution is 6.08. The molecule has 1 heterocycles. The van der Waals surface area contributed by atoms with Crippen LogP contribution in [0.4, 0.5) is 5.69 Å². The number of ether oxygens (including phenoxy) is 1. The number of anilines is 1. The molecule has 0 radical (unpaired) electrons. The molecule has 6 heteroatoms. The van der Waals surface area contributed by atoms with Crippen molar-refractivity contribution in [2.75, 3.05) is 18.5 Å². The van der Waals surface area contributed by atoms with Gasteiger partial charge in [-0.25, -0.2) is 0 Å². The predicted octanol–water partition coefficient (Wildman–Crippen LogP) is 3.98. The summed E-state index contributed by atoms with van der Waals surface area (Å²) in [7, 11) is 0. The second-order valence-corrected chi connectivity index (χ2v) is 8.24. The number of rotatable bonds is 6. The van der Waals surface area contributed by atoms with Crippen LogP contribution in [-0.2, 0) is 19.7 Å². The minimum atomic E-state index is -0.551. The van der Waals surface area contributed by atoms with Crippen LogP contribution in [0.2, 0.25) is 0 Å². The maximum Gasteiger partial charge on any atom is 0.308 e. The first kappa shape index (κ1) is 21.3. The summed E-state index contributed by atoms with van der Waals surface area (Å²) in [6.45, 7) is 10.1. The van der Waals surface area contributed by atoms with Gasteiger partial charge in [0.15, 0.2) is 6.61 Å². The number of amides is 2. The first-order chi connectivity index (χ1) is 14.2. The third-order valence-electron chi connectivity index (χ3n) is 4.98. The van der Waals surface area contributed by atoms with Gasteiger partial charge in [0.2, 0.25) is 0 Å². The summed E-state index contributed by atoms with van der Waals surface area (Å²) in [5.74, 6) is -1.15. The average molecular weight is 406 g/mol. The molecular weight excluding hydrogens is 380 g/mol. The van der Waals surface area contributed by atoms with Gasteiger partial charge in [0, 0.05) is 29.1 Å². The highest BCUT2D eigenvalue weighted by Crippen LogP contribution is 2.31. The molecule has 1 N–H and O–H groups in total. The Labute approximate surface area is 176 Å². The van der Waals surface area contributed by atoms with E-state index in [1.54, 1.807) is 12.1 Å². The zero-order chi connectivity index (χ0) is 21.9. The summed E-state index contributed by atoms with van der Waals surface area (Å²) in [4.78, 5) is 38.0. The summed E-state index contributed by atoms with van der Waals surface area (Å²) < 4.78 is 5.04. The molecule has 3 rings (SSSR count). The number of carbonyl (C=O) groups is 3. The lowest BCUT2D eigenvalue weighted by Gasteiger charge is -2.19. The van der Waals surface area contributed by atoms with E-state index in [1.165, 1.54) is 4.90 Å². The lowest BCUT2D eigenvalue weighted by Crippen LogP contribution is -2.27. The fourth-order valence-electron chi connectivity index (χ4n) is 3.24. The molecule has 0 bridgehead atoms. The van der Waals surface area contributed by atoms with E-state index in [0.29, 0.717) is 16.9 Å². The van der Waals surface area contributed by atoms with E-state index in [4.69, 9.17) is 4.74 Å². The molecule has 1 aliphatic rings. The van der Waals surface area contributed by atoms with Crippen molar-refractivity contribution in [3.8, 4) is 0 Å². The van der Waals surface area contributed by atoms with Gasteiger partial charge in [-0.2, -0.15) is 0 Å². The Hall–Kier alpha value is -3.41. The van der Waals surface area contributed by atoms with Gasteiger partial charge in [-0.3, -0.25) is 14.4 Å². The SMILES string of the molecule is C=C1c2ccccc2C(=O)N1CCC(=O)OCC(=O)Nc1ccc(C(C)(C)C)cc1. The van der Waals surface area contributed by atoms with Gasteiger partial charge in [0.05, 0.1) is 6.42 Å². The van der Waals surface area contributed by atoms with E-state index in [2.05, 4.69) is 32.7 Å². The predicted molar refractivity (Wildman–Crippen MR) is 116 cm³/mol. The molecule has 0 aliphatic carbocycles. The Morgan fingerprint density at radius 2 is 1.67 bits per heavy atom. The quantitative estimate of drug-likeness (QED) is 0.736. The first-order valence-electron chi connectivity index (χ1n) is 9.83. The molecule has 2 aromatic rings. The Morgan fingerprint density at radius 1 is 1.03 bits per heavy atom. The van der Waals surface area contributed by atoms with Gasteiger partial charge in [0.25, 0.3) is 11.8 Å². The normalized spacial score (nSPS) is 13.2. The fraction of sp³-hybridized carbons (Fsp3) is 0.292. The van der Waals surface area contributed by atoms with Gasteiger partial charge in [-0.1, -0.05) is 57.7 Å². The van der Waals surface area contributed by atoms with E-state index in [0.717, 1.165) is 11.1 Å². The van der Waals surface area contributed by atoms with E-state index < -0.39 is 11.9 Å². The second-order valence-electron chi connectivity index (χ2n) is 8.24. The highest BCUT2D eigenvalue weighted by Gasteiger charge is 2.30. The van der Waals surface area contributed by atoms with Crippen LogP contribution < -0.4 is 5.32 Å². The van der Waals surface area contributed by atoms with E-state index in [9.17, 15) is 14.4 Å². The summed E-state index contributed by atoms with van der Waals surface area (Å²) >= 11 is 0. The third kappa shape index (κ3) is 4.76. The first-order valence-corrected chi connectivity index (χ1v) is 9.83. The molecule has 6 nitrogen and oxygen atoms in total. The third-order valence-corrected chi connectivity index (χ3v) is 4.98. The number of hydrogen-bond donors (Lipinski definition) is 1. The Kier molecular flexibility index (Phi) is 6.06. The molecule has 2 aromatic carbocycles. The fourth-order valence-corrected chi connectivity index (χ4v) is 3.24. The highest BCUT2D eigenvalue weighted by atomic mass is 16.5. The summed E-state index contributed by atoms with van der Waals surface area (Å²) in [5, 5.41) is 2.70. The molecule has 0 saturated heterocycles. The molecule has 0 atom stereocenters. The summed E-state index contributed by atoms with van der Waals surface area (Å²) in [5.41, 5.74) is 3.75. The summed E-state index contributed by atoms with van der Waals surface area (Å²) in [6.07, 6.45) is -0.0215. The van der Waals surface area contributed by atoms with Crippen molar-refractivity contribution in [1.82, 2.24) is 4.90 Å². The number of fused-ring (bicyclic) bond motifs is 1. The van der Waals surface area contributed by atoms with Crippen molar-refractivity contribution in [3.63, 3.8) is 0 Å². The van der Waals surface area contributed by atoms with Gasteiger partial charge >= 0.3 is 5.97 Å². The molecule has 2 amide bonds. The number of nitrogens with zero attached hydrogens (tertiary/aromatic N) is 1. The van der Waals surface area contributed by atoms with Crippen LogP contribution in [0.3, 0.4) is 0 Å². The zero-order valence-electron chi connectivity index (χ0n) is 17.5. The van der Waals surface area contributed by atoms with Crippen LogP contribution in [-0.4, -0.2) is 35.8 Å². The van der Waals surface area contributed by atoms with Gasteiger partial charge < -0.3 is 15.0 Å². The topological polar surface area (TPSA) is 75.7 Å². The van der Waals surface area contributed by atoms with Crippen molar-refractivity contribution in [1.29, 1.82) is 0 Å². The van der Waals surface area contributed by atoms with Gasteiger partial charge in [-0.05, 0) is 29.2 Å². The monoisotopic (exact) mass is 406 g/mol. The molecule has 0 saturated carbocycles. The van der Waals surface area contributed by atoms with Gasteiger partial charge in [0.1, 0.15) is 0 Å². The van der Waals surface area contributed by atoms with Crippen molar-refractivity contribution in [2.24, 2.45) is 0 Å². The van der Waals surface area contributed by atoms with Gasteiger partial charge in [-0.15, -0.1) is 0 Å². The maximum absolute atomic E-state index is 12.4. The average Bonchev–Trinajstić information content (AvgIpc) is 2.95. The van der Waals surface area contributed by atoms with E-state index >= 15 is 0 Å². The van der Waals surface area contributed by atoms with Crippen LogP contribution in [0.25, 0.3) is 5.70 Å². The summed E-state index contributed by atoms with van der Waals surface area (Å²) in [6, 6.07) is 14.7. The Balaban J connectivity index is 1.44. The standard InChI is InChI=1S/C24H26N2O4/c1-16-19-7-5-6-8-20(19)23(29)26(16)14-13-22(28)30-15-21(27)25-18-11-9-17(10-12-18)24(2,3)4/h5-12H,1,13-15H2,2-4H3,(H,25,27). The van der Waals surface area contributed by atoms with Crippen LogP contribution in [0.15, 0.2) is 55.1 Å². The number of carbonyl (C=O) groups excluding carboxylic acids is 3. The lowest BCUT2D eigenvalue weighted by molar-refractivity contribution is -0.147. The Morgan fingerprint density at radius 3 is 2.27 bits per heavy atom. The molecule has 0 aromatic heterocycles. The second kappa shape index (κ2) is 8.53. The molecule has 156 valence electrons. The Bertz CT molecular complexity index is 952. The molecule has 0 fully saturated rings. The lowest BCUT2D eigenvalue weighted by atomic mass is 9.87. The van der Waals surface area contributed by atoms with Crippen LogP contribution in [0.1, 0.15) is 48.7 Å². The molecule has 30 heavy (non-hydrogen) atoms. The van der Waals surface area contributed by atoms with Crippen molar-refractivity contribution >= 4 is 29.2 Å². The smallest absolute Gasteiger partial charge is 0.308 e. The zero-order valence-corrected chi connectivity index (χ0v) is 17.5. The molecule has 0 spiro atoms. The minimum absolute atomic E-state index is 0.0215. The minimum Gasteiger partial charge on any atom is -0.456 e. The van der Waals surface area contributed by atoms with Crippen LogP contribution >= 0.6 is 0 Å². The molecule has 0 unspecified atom stereocenters. The number of nitrogens with one attached hydrogen (secondary N) is 1. The van der Waals surface area contributed by atoms with Crippen molar-refractivity contribution in [2.45, 2.75) is 32.6 Å². The number of esters is 1. The number of benzene rings is 2. The maximum atomic E-state index is 12.4. The molecular formula is C24H26N2O4. The van der Waals surface area contributed by atoms with Crippen molar-refractivity contribution in [3.05, 3.63) is 71.8 Å². The van der Waals surface area contributed by atoms with Crippen molar-refractivity contribution < 1.29 is 19.1 Å². The number of hydrogen-bond acceptors (Lipinski definition) is 4. The van der Waals surface area contributed by atoms with E-state index in [-0.39, 0.29) is 30.9 Å². The van der Waals surface area contributed by atoms with Crippen LogP contribution in [0.5, 0.6) is 0 Å². The largest absolute Gasteiger partial charge is 0.456 e. The van der Waals surface area contributed by atoms with E-state index in [1.807, 2.05) is 36.4 Å². The van der Waals surface area contributed by atoms with Crippen LogP contribution in [0, 0.1) is 0 Å². The molecule has 1 aliphatic heterocycles.